The Morgan fingerprint density at radius 3 is 2.27 bits per heavy atom. The molecule has 3 heteroatoms. The fraction of sp³-hybridized carbons (Fsp3) is 0.667. The second kappa shape index (κ2) is 11.7. The van der Waals surface area contributed by atoms with Crippen LogP contribution in [0.5, 0.6) is 0 Å². The minimum atomic E-state index is -0.229. The second-order valence-corrected chi connectivity index (χ2v) is 3.26. The Bertz CT molecular complexity index is 210. The molecular formula is C12H23ClFN. The number of hydrogen-bond donors (Lipinski definition) is 1. The van der Waals surface area contributed by atoms with Gasteiger partial charge in [-0.1, -0.05) is 44.9 Å². The highest BCUT2D eigenvalue weighted by Crippen LogP contribution is 2.22. The van der Waals surface area contributed by atoms with Crippen LogP contribution in [-0.4, -0.2) is 13.6 Å². The minimum Gasteiger partial charge on any atom is -0.316 e. The van der Waals surface area contributed by atoms with E-state index in [0.717, 1.165) is 12.8 Å². The molecule has 15 heavy (non-hydrogen) atoms. The van der Waals surface area contributed by atoms with Crippen molar-refractivity contribution in [3.63, 3.8) is 0 Å². The summed E-state index contributed by atoms with van der Waals surface area (Å²) in [4.78, 5) is 0. The molecule has 0 unspecified atom stereocenters. The van der Waals surface area contributed by atoms with Gasteiger partial charge in [0.1, 0.15) is 5.83 Å². The van der Waals surface area contributed by atoms with Crippen molar-refractivity contribution >= 4 is 11.6 Å². The van der Waals surface area contributed by atoms with Gasteiger partial charge in [0.05, 0.1) is 0 Å². The predicted octanol–water partition coefficient (Wildman–Crippen LogP) is 4.40. The van der Waals surface area contributed by atoms with Gasteiger partial charge >= 0.3 is 0 Å². The second-order valence-electron chi connectivity index (χ2n) is 2.80. The number of rotatable bonds is 5. The van der Waals surface area contributed by atoms with Crippen molar-refractivity contribution < 1.29 is 4.39 Å². The van der Waals surface area contributed by atoms with Gasteiger partial charge in [-0.2, -0.15) is 0 Å². The molecule has 1 N–H and O–H groups in total. The van der Waals surface area contributed by atoms with Crippen molar-refractivity contribution in [3.05, 3.63) is 22.5 Å². The van der Waals surface area contributed by atoms with Crippen LogP contribution in [0.25, 0.3) is 0 Å². The van der Waals surface area contributed by atoms with Gasteiger partial charge < -0.3 is 5.32 Å². The summed E-state index contributed by atoms with van der Waals surface area (Å²) in [7, 11) is 1.78. The molecule has 0 saturated heterocycles. The Balaban J connectivity index is 0. The molecule has 0 aromatic rings. The summed E-state index contributed by atoms with van der Waals surface area (Å²) >= 11 is 5.96. The Hall–Kier alpha value is -0.340. The Morgan fingerprint density at radius 1 is 1.40 bits per heavy atom. The van der Waals surface area contributed by atoms with Gasteiger partial charge in [0.2, 0.25) is 0 Å². The van der Waals surface area contributed by atoms with Gasteiger partial charge in [-0.25, -0.2) is 4.39 Å². The van der Waals surface area contributed by atoms with E-state index in [-0.39, 0.29) is 5.83 Å². The lowest BCUT2D eigenvalue weighted by Crippen LogP contribution is -2.12. The fourth-order valence-corrected chi connectivity index (χ4v) is 1.38. The highest BCUT2D eigenvalue weighted by atomic mass is 35.5. The van der Waals surface area contributed by atoms with E-state index >= 15 is 0 Å². The smallest absolute Gasteiger partial charge is 0.124 e. The van der Waals surface area contributed by atoms with Crippen LogP contribution in [0.4, 0.5) is 4.39 Å². The largest absolute Gasteiger partial charge is 0.316 e. The van der Waals surface area contributed by atoms with E-state index < -0.39 is 0 Å². The molecule has 0 bridgehead atoms. The van der Waals surface area contributed by atoms with E-state index in [1.165, 1.54) is 6.08 Å². The first-order valence-corrected chi connectivity index (χ1v) is 5.89. The van der Waals surface area contributed by atoms with Crippen LogP contribution in [0.2, 0.25) is 0 Å². The maximum absolute atomic E-state index is 13.2. The third kappa shape index (κ3) is 7.57. The molecule has 0 aromatic heterocycles. The number of likely N-dealkylation sites (N-methyl/N-ethyl adjacent to an activating group) is 1. The molecule has 0 amide bonds. The molecule has 0 spiro atoms. The van der Waals surface area contributed by atoms with Crippen LogP contribution in [0.3, 0.4) is 0 Å². The monoisotopic (exact) mass is 235 g/mol. The van der Waals surface area contributed by atoms with Gasteiger partial charge in [0, 0.05) is 17.2 Å². The first-order valence-electron chi connectivity index (χ1n) is 5.51. The van der Waals surface area contributed by atoms with Crippen molar-refractivity contribution in [3.8, 4) is 0 Å². The fourth-order valence-electron chi connectivity index (χ4n) is 1.03. The summed E-state index contributed by atoms with van der Waals surface area (Å²) in [6, 6.07) is 0. The van der Waals surface area contributed by atoms with Gasteiger partial charge in [-0.15, -0.1) is 0 Å². The van der Waals surface area contributed by atoms with Crippen molar-refractivity contribution in [2.75, 3.05) is 13.6 Å². The van der Waals surface area contributed by atoms with Crippen molar-refractivity contribution in [1.29, 1.82) is 0 Å². The molecule has 0 saturated carbocycles. The maximum atomic E-state index is 13.2. The van der Waals surface area contributed by atoms with E-state index in [0.29, 0.717) is 17.2 Å². The third-order valence-corrected chi connectivity index (χ3v) is 2.11. The average molecular weight is 236 g/mol. The van der Waals surface area contributed by atoms with Crippen molar-refractivity contribution in [2.24, 2.45) is 0 Å². The summed E-state index contributed by atoms with van der Waals surface area (Å²) < 4.78 is 13.2. The molecule has 0 heterocycles. The van der Waals surface area contributed by atoms with Gasteiger partial charge in [0.15, 0.2) is 0 Å². The Kier molecular flexibility index (Phi) is 13.4. The zero-order valence-electron chi connectivity index (χ0n) is 10.5. The van der Waals surface area contributed by atoms with E-state index in [1.807, 2.05) is 20.8 Å². The summed E-state index contributed by atoms with van der Waals surface area (Å²) in [5.41, 5.74) is 0.577. The van der Waals surface area contributed by atoms with Crippen LogP contribution in [0, 0.1) is 0 Å². The van der Waals surface area contributed by atoms with Gasteiger partial charge in [-0.05, 0) is 20.4 Å². The molecule has 0 fully saturated rings. The molecule has 0 rings (SSSR count). The summed E-state index contributed by atoms with van der Waals surface area (Å²) in [6.45, 7) is 8.17. The SMILES string of the molecule is C/C=C(F)\C(CNC)=C(\Cl)CCC.CC. The lowest BCUT2D eigenvalue weighted by Gasteiger charge is -2.07. The lowest BCUT2D eigenvalue weighted by molar-refractivity contribution is 0.632. The van der Waals surface area contributed by atoms with E-state index in [2.05, 4.69) is 5.32 Å². The minimum absolute atomic E-state index is 0.229. The average Bonchev–Trinajstić information content (AvgIpc) is 2.28. The topological polar surface area (TPSA) is 12.0 Å². The molecule has 0 aromatic carbocycles. The summed E-state index contributed by atoms with van der Waals surface area (Å²) in [5, 5.41) is 3.52. The normalized spacial score (nSPS) is 12.9. The van der Waals surface area contributed by atoms with Crippen LogP contribution in [-0.2, 0) is 0 Å². The Labute approximate surface area is 98.4 Å². The summed E-state index contributed by atoms with van der Waals surface area (Å²) in [6.07, 6.45) is 3.10. The maximum Gasteiger partial charge on any atom is 0.124 e. The molecule has 0 radical (unpaired) electrons. The molecule has 1 nitrogen and oxygen atoms in total. The third-order valence-electron chi connectivity index (χ3n) is 1.69. The summed E-state index contributed by atoms with van der Waals surface area (Å²) in [5.74, 6) is -0.229. The lowest BCUT2D eigenvalue weighted by atomic mass is 10.1. The molecule has 0 atom stereocenters. The van der Waals surface area contributed by atoms with E-state index in [4.69, 9.17) is 11.6 Å². The molecule has 0 aliphatic rings. The van der Waals surface area contributed by atoms with E-state index in [1.54, 1.807) is 14.0 Å². The number of hydrogen-bond acceptors (Lipinski definition) is 1. The number of nitrogens with one attached hydrogen (secondary N) is 1. The van der Waals surface area contributed by atoms with Crippen LogP contribution in [0.1, 0.15) is 40.5 Å². The van der Waals surface area contributed by atoms with Crippen molar-refractivity contribution in [1.82, 2.24) is 5.32 Å². The number of allylic oxidation sites excluding steroid dienone is 2. The highest BCUT2D eigenvalue weighted by molar-refractivity contribution is 6.30. The van der Waals surface area contributed by atoms with Crippen LogP contribution < -0.4 is 5.32 Å². The molecule has 0 aliphatic heterocycles. The van der Waals surface area contributed by atoms with Crippen LogP contribution >= 0.6 is 11.6 Å². The molecular weight excluding hydrogens is 213 g/mol. The predicted molar refractivity (Wildman–Crippen MR) is 67.9 cm³/mol. The molecule has 0 aliphatic carbocycles. The first-order chi connectivity index (χ1) is 7.17. The van der Waals surface area contributed by atoms with Crippen molar-refractivity contribution in [2.45, 2.75) is 40.5 Å². The molecule has 90 valence electrons. The zero-order chi connectivity index (χ0) is 12.3. The van der Waals surface area contributed by atoms with Gasteiger partial charge in [0.25, 0.3) is 0 Å². The van der Waals surface area contributed by atoms with E-state index in [9.17, 15) is 4.39 Å². The van der Waals surface area contributed by atoms with Crippen LogP contribution in [0.15, 0.2) is 22.5 Å². The Morgan fingerprint density at radius 2 is 1.93 bits per heavy atom. The highest BCUT2D eigenvalue weighted by Gasteiger charge is 2.07. The number of halogens is 2. The quantitative estimate of drug-likeness (QED) is 0.697. The van der Waals surface area contributed by atoms with Gasteiger partial charge in [-0.3, -0.25) is 0 Å². The first kappa shape index (κ1) is 17.1. The zero-order valence-corrected chi connectivity index (χ0v) is 11.2. The standard InChI is InChI=1S/C10H17ClFN.C2H6/c1-4-6-9(11)8(7-13-3)10(12)5-2;1-2/h5,13H,4,6-7H2,1-3H3;1-2H3/b9-8+,10-5+;.